The highest BCUT2D eigenvalue weighted by atomic mass is 16.5. The molecular formula is C12H19N5O. The number of ether oxygens (including phenoxy) is 1. The van der Waals surface area contributed by atoms with E-state index in [0.29, 0.717) is 12.0 Å². The summed E-state index contributed by atoms with van der Waals surface area (Å²) in [5.74, 6) is 1.05. The molecule has 1 aromatic rings. The molecule has 1 aromatic heterocycles. The molecule has 3 heterocycles. The van der Waals surface area contributed by atoms with Gasteiger partial charge in [-0.1, -0.05) is 0 Å². The molecule has 3 N–H and O–H groups in total. The molecular weight excluding hydrogens is 230 g/mol. The molecule has 0 amide bonds. The van der Waals surface area contributed by atoms with Crippen LogP contribution in [0.2, 0.25) is 0 Å². The normalized spacial score (nSPS) is 28.0. The number of hydrogen-bond donors (Lipinski definition) is 2. The Morgan fingerprint density at radius 3 is 3.39 bits per heavy atom. The minimum absolute atomic E-state index is 0.232. The van der Waals surface area contributed by atoms with Gasteiger partial charge >= 0.3 is 0 Å². The summed E-state index contributed by atoms with van der Waals surface area (Å²) < 4.78 is 5.87. The monoisotopic (exact) mass is 249 g/mol. The minimum atomic E-state index is 0.232. The van der Waals surface area contributed by atoms with Gasteiger partial charge in [-0.3, -0.25) is 4.90 Å². The lowest BCUT2D eigenvalue weighted by molar-refractivity contribution is -0.0416. The summed E-state index contributed by atoms with van der Waals surface area (Å²) in [6.45, 7) is 3.85. The van der Waals surface area contributed by atoms with Gasteiger partial charge in [-0.2, -0.15) is 4.98 Å². The second-order valence-corrected chi connectivity index (χ2v) is 4.93. The maximum atomic E-state index is 5.87. The average Bonchev–Trinajstić information content (AvgIpc) is 2.84. The van der Waals surface area contributed by atoms with E-state index in [2.05, 4.69) is 20.2 Å². The highest BCUT2D eigenvalue weighted by molar-refractivity contribution is 5.37. The number of rotatable bonds is 3. The van der Waals surface area contributed by atoms with Crippen LogP contribution in [0.25, 0.3) is 0 Å². The van der Waals surface area contributed by atoms with Crippen molar-refractivity contribution in [2.24, 2.45) is 0 Å². The number of nitrogen functional groups attached to an aromatic ring is 1. The SMILES string of the molecule is Nc1nccc(NCC2CN3CCCC3CO2)n1. The van der Waals surface area contributed by atoms with Crippen molar-refractivity contribution in [3.05, 3.63) is 12.3 Å². The molecule has 98 valence electrons. The van der Waals surface area contributed by atoms with E-state index in [0.717, 1.165) is 25.5 Å². The van der Waals surface area contributed by atoms with Gasteiger partial charge in [-0.15, -0.1) is 0 Å². The fourth-order valence-corrected chi connectivity index (χ4v) is 2.70. The first kappa shape index (κ1) is 11.7. The molecule has 0 bridgehead atoms. The molecule has 3 rings (SSSR count). The molecule has 2 aliphatic rings. The van der Waals surface area contributed by atoms with Crippen molar-refractivity contribution in [1.29, 1.82) is 0 Å². The van der Waals surface area contributed by atoms with Crippen LogP contribution in [0.4, 0.5) is 11.8 Å². The number of fused-ring (bicyclic) bond motifs is 1. The summed E-state index contributed by atoms with van der Waals surface area (Å²) in [5.41, 5.74) is 5.54. The van der Waals surface area contributed by atoms with Gasteiger partial charge in [0, 0.05) is 25.3 Å². The third-order valence-electron chi connectivity index (χ3n) is 3.65. The first-order valence-corrected chi connectivity index (χ1v) is 6.49. The van der Waals surface area contributed by atoms with Crippen molar-refractivity contribution in [2.45, 2.75) is 25.0 Å². The number of morpholine rings is 1. The molecule has 0 radical (unpaired) electrons. The van der Waals surface area contributed by atoms with Crippen LogP contribution in [0.5, 0.6) is 0 Å². The predicted molar refractivity (Wildman–Crippen MR) is 69.3 cm³/mol. The lowest BCUT2D eigenvalue weighted by atomic mass is 10.2. The van der Waals surface area contributed by atoms with E-state index in [-0.39, 0.29) is 6.10 Å². The second kappa shape index (κ2) is 5.07. The fourth-order valence-electron chi connectivity index (χ4n) is 2.70. The zero-order chi connectivity index (χ0) is 12.4. The van der Waals surface area contributed by atoms with E-state index < -0.39 is 0 Å². The predicted octanol–water partition coefficient (Wildman–Crippen LogP) is 0.334. The zero-order valence-corrected chi connectivity index (χ0v) is 10.4. The smallest absolute Gasteiger partial charge is 0.221 e. The summed E-state index contributed by atoms with van der Waals surface area (Å²) in [6.07, 6.45) is 4.47. The van der Waals surface area contributed by atoms with E-state index in [9.17, 15) is 0 Å². The summed E-state index contributed by atoms with van der Waals surface area (Å²) in [6, 6.07) is 2.47. The Hall–Kier alpha value is -1.40. The third-order valence-corrected chi connectivity index (χ3v) is 3.65. The van der Waals surface area contributed by atoms with Gasteiger partial charge in [0.1, 0.15) is 5.82 Å². The summed E-state index contributed by atoms with van der Waals surface area (Å²) >= 11 is 0. The van der Waals surface area contributed by atoms with Crippen molar-refractivity contribution >= 4 is 11.8 Å². The highest BCUT2D eigenvalue weighted by Crippen LogP contribution is 2.22. The lowest BCUT2D eigenvalue weighted by Gasteiger charge is -2.35. The molecule has 2 unspecified atom stereocenters. The van der Waals surface area contributed by atoms with Gasteiger partial charge in [-0.25, -0.2) is 4.98 Å². The van der Waals surface area contributed by atoms with Gasteiger partial charge < -0.3 is 15.8 Å². The maximum absolute atomic E-state index is 5.87. The average molecular weight is 249 g/mol. The molecule has 2 fully saturated rings. The Balaban J connectivity index is 1.51. The van der Waals surface area contributed by atoms with Crippen LogP contribution in [0.15, 0.2) is 12.3 Å². The Bertz CT molecular complexity index is 413. The van der Waals surface area contributed by atoms with Crippen LogP contribution >= 0.6 is 0 Å². The number of nitrogens with one attached hydrogen (secondary N) is 1. The molecule has 2 aliphatic heterocycles. The van der Waals surface area contributed by atoms with Gasteiger partial charge in [0.05, 0.1) is 12.7 Å². The molecule has 2 atom stereocenters. The van der Waals surface area contributed by atoms with E-state index in [1.54, 1.807) is 6.20 Å². The van der Waals surface area contributed by atoms with Crippen LogP contribution in [-0.4, -0.2) is 53.3 Å². The van der Waals surface area contributed by atoms with Crippen molar-refractivity contribution in [3.63, 3.8) is 0 Å². The van der Waals surface area contributed by atoms with Crippen molar-refractivity contribution < 1.29 is 4.74 Å². The number of nitrogens with two attached hydrogens (primary N) is 1. The summed E-state index contributed by atoms with van der Waals surface area (Å²) in [7, 11) is 0. The van der Waals surface area contributed by atoms with E-state index in [1.807, 2.05) is 6.07 Å². The largest absolute Gasteiger partial charge is 0.373 e. The Labute approximate surface area is 107 Å². The number of aromatic nitrogens is 2. The molecule has 0 saturated carbocycles. The van der Waals surface area contributed by atoms with Crippen LogP contribution in [0.3, 0.4) is 0 Å². The number of anilines is 2. The van der Waals surface area contributed by atoms with Crippen molar-refractivity contribution in [2.75, 3.05) is 37.3 Å². The Morgan fingerprint density at radius 2 is 2.50 bits per heavy atom. The fraction of sp³-hybridized carbons (Fsp3) is 0.667. The summed E-state index contributed by atoms with van der Waals surface area (Å²) in [4.78, 5) is 10.5. The molecule has 0 aliphatic carbocycles. The van der Waals surface area contributed by atoms with Gasteiger partial charge in [0.15, 0.2) is 0 Å². The van der Waals surface area contributed by atoms with Gasteiger partial charge in [0.25, 0.3) is 0 Å². The van der Waals surface area contributed by atoms with Gasteiger partial charge in [0.2, 0.25) is 5.95 Å². The molecule has 18 heavy (non-hydrogen) atoms. The van der Waals surface area contributed by atoms with Crippen LogP contribution in [-0.2, 0) is 4.74 Å². The van der Waals surface area contributed by atoms with Gasteiger partial charge in [-0.05, 0) is 25.5 Å². The van der Waals surface area contributed by atoms with Crippen LogP contribution < -0.4 is 11.1 Å². The maximum Gasteiger partial charge on any atom is 0.221 e. The van der Waals surface area contributed by atoms with Crippen LogP contribution in [0.1, 0.15) is 12.8 Å². The first-order valence-electron chi connectivity index (χ1n) is 6.49. The molecule has 0 aromatic carbocycles. The molecule has 6 heteroatoms. The minimum Gasteiger partial charge on any atom is -0.373 e. The lowest BCUT2D eigenvalue weighted by Crippen LogP contribution is -2.48. The molecule has 6 nitrogen and oxygen atoms in total. The van der Waals surface area contributed by atoms with E-state index >= 15 is 0 Å². The highest BCUT2D eigenvalue weighted by Gasteiger charge is 2.31. The number of nitrogens with zero attached hydrogens (tertiary/aromatic N) is 3. The van der Waals surface area contributed by atoms with E-state index in [1.165, 1.54) is 19.4 Å². The third kappa shape index (κ3) is 2.54. The molecule has 2 saturated heterocycles. The van der Waals surface area contributed by atoms with E-state index in [4.69, 9.17) is 10.5 Å². The first-order chi connectivity index (χ1) is 8.81. The standard InChI is InChI=1S/C12H19N5O/c13-12-14-4-3-11(16-12)15-6-10-7-17-5-1-2-9(17)8-18-10/h3-4,9-10H,1-2,5-8H2,(H3,13,14,15,16). The quantitative estimate of drug-likeness (QED) is 0.804. The second-order valence-electron chi connectivity index (χ2n) is 4.93. The summed E-state index contributed by atoms with van der Waals surface area (Å²) in [5, 5.41) is 3.25. The molecule has 0 spiro atoms. The Morgan fingerprint density at radius 1 is 1.56 bits per heavy atom. The topological polar surface area (TPSA) is 76.3 Å². The van der Waals surface area contributed by atoms with Crippen molar-refractivity contribution in [1.82, 2.24) is 14.9 Å². The zero-order valence-electron chi connectivity index (χ0n) is 10.4. The van der Waals surface area contributed by atoms with Crippen LogP contribution in [0, 0.1) is 0 Å². The van der Waals surface area contributed by atoms with Crippen molar-refractivity contribution in [3.8, 4) is 0 Å². The number of hydrogen-bond acceptors (Lipinski definition) is 6. The Kier molecular flexibility index (Phi) is 3.29.